The highest BCUT2D eigenvalue weighted by atomic mass is 16.1. The fourth-order valence-electron chi connectivity index (χ4n) is 2.80. The zero-order chi connectivity index (χ0) is 12.4. The molecule has 4 heteroatoms. The molecule has 1 saturated carbocycles. The first-order valence-corrected chi connectivity index (χ1v) is 6.89. The summed E-state index contributed by atoms with van der Waals surface area (Å²) in [6, 6.07) is 1.50. The Kier molecular flexibility index (Phi) is 4.05. The van der Waals surface area contributed by atoms with E-state index in [4.69, 9.17) is 5.73 Å². The molecule has 2 fully saturated rings. The Morgan fingerprint density at radius 3 is 2.35 bits per heavy atom. The van der Waals surface area contributed by atoms with Crippen LogP contribution in [-0.4, -0.2) is 41.5 Å². The number of amides is 1. The maximum absolute atomic E-state index is 11.5. The molecule has 0 radical (unpaired) electrons. The molecule has 17 heavy (non-hydrogen) atoms. The summed E-state index contributed by atoms with van der Waals surface area (Å²) in [6.45, 7) is 5.28. The highest BCUT2D eigenvalue weighted by Gasteiger charge is 2.32. The Bertz CT molecular complexity index is 268. The SMILES string of the molecule is CC1CCCC(C)N1CC(NC1CC1)C(N)=O. The van der Waals surface area contributed by atoms with Crippen LogP contribution in [0, 0.1) is 0 Å². The third-order valence-corrected chi connectivity index (χ3v) is 4.13. The molecule has 1 aliphatic heterocycles. The maximum Gasteiger partial charge on any atom is 0.235 e. The Labute approximate surface area is 104 Å². The van der Waals surface area contributed by atoms with E-state index in [0.29, 0.717) is 18.1 Å². The van der Waals surface area contributed by atoms with E-state index < -0.39 is 0 Å². The minimum absolute atomic E-state index is 0.175. The Morgan fingerprint density at radius 2 is 1.88 bits per heavy atom. The van der Waals surface area contributed by atoms with Gasteiger partial charge in [-0.3, -0.25) is 9.69 Å². The quantitative estimate of drug-likeness (QED) is 0.748. The van der Waals surface area contributed by atoms with Gasteiger partial charge in [-0.15, -0.1) is 0 Å². The van der Waals surface area contributed by atoms with Crippen LogP contribution in [0.5, 0.6) is 0 Å². The number of hydrogen-bond donors (Lipinski definition) is 2. The standard InChI is InChI=1S/C13H25N3O/c1-9-4-3-5-10(2)16(9)8-12(13(14)17)15-11-6-7-11/h9-12,15H,3-8H2,1-2H3,(H2,14,17). The molecule has 1 heterocycles. The predicted octanol–water partition coefficient (Wildman–Crippen LogP) is 0.855. The summed E-state index contributed by atoms with van der Waals surface area (Å²) in [5, 5.41) is 3.36. The van der Waals surface area contributed by atoms with Gasteiger partial charge < -0.3 is 11.1 Å². The molecule has 3 atom stereocenters. The van der Waals surface area contributed by atoms with Gasteiger partial charge in [0.25, 0.3) is 0 Å². The maximum atomic E-state index is 11.5. The van der Waals surface area contributed by atoms with Crippen molar-refractivity contribution in [3.05, 3.63) is 0 Å². The number of likely N-dealkylation sites (tertiary alicyclic amines) is 1. The molecule has 3 unspecified atom stereocenters. The van der Waals surface area contributed by atoms with Gasteiger partial charge in [0.15, 0.2) is 0 Å². The van der Waals surface area contributed by atoms with Crippen LogP contribution < -0.4 is 11.1 Å². The number of hydrogen-bond acceptors (Lipinski definition) is 3. The Morgan fingerprint density at radius 1 is 1.29 bits per heavy atom. The molecular weight excluding hydrogens is 214 g/mol. The van der Waals surface area contributed by atoms with E-state index in [-0.39, 0.29) is 11.9 Å². The van der Waals surface area contributed by atoms with Crippen LogP contribution in [0.25, 0.3) is 0 Å². The normalized spacial score (nSPS) is 32.4. The first-order valence-electron chi connectivity index (χ1n) is 6.89. The third-order valence-electron chi connectivity index (χ3n) is 4.13. The Hall–Kier alpha value is -0.610. The lowest BCUT2D eigenvalue weighted by molar-refractivity contribution is -0.121. The topological polar surface area (TPSA) is 58.4 Å². The summed E-state index contributed by atoms with van der Waals surface area (Å²) >= 11 is 0. The van der Waals surface area contributed by atoms with Crippen LogP contribution in [0.4, 0.5) is 0 Å². The minimum atomic E-state index is -0.207. The lowest BCUT2D eigenvalue weighted by Crippen LogP contribution is -2.55. The first kappa shape index (κ1) is 12.8. The number of nitrogens with zero attached hydrogens (tertiary/aromatic N) is 1. The monoisotopic (exact) mass is 239 g/mol. The number of rotatable bonds is 5. The van der Waals surface area contributed by atoms with Gasteiger partial charge in [0, 0.05) is 24.7 Å². The highest BCUT2D eigenvalue weighted by Crippen LogP contribution is 2.24. The van der Waals surface area contributed by atoms with Crippen molar-refractivity contribution >= 4 is 5.91 Å². The Balaban J connectivity index is 1.92. The van der Waals surface area contributed by atoms with E-state index in [1.807, 2.05) is 0 Å². The second kappa shape index (κ2) is 5.36. The zero-order valence-electron chi connectivity index (χ0n) is 11.0. The van der Waals surface area contributed by atoms with E-state index in [1.165, 1.54) is 32.1 Å². The molecule has 1 amide bonds. The second-order valence-electron chi connectivity index (χ2n) is 5.72. The van der Waals surface area contributed by atoms with E-state index in [2.05, 4.69) is 24.1 Å². The average molecular weight is 239 g/mol. The van der Waals surface area contributed by atoms with Crippen molar-refractivity contribution in [1.29, 1.82) is 0 Å². The summed E-state index contributed by atoms with van der Waals surface area (Å²) in [7, 11) is 0. The van der Waals surface area contributed by atoms with Crippen LogP contribution in [0.3, 0.4) is 0 Å². The van der Waals surface area contributed by atoms with E-state index in [0.717, 1.165) is 6.54 Å². The summed E-state index contributed by atoms with van der Waals surface area (Å²) in [4.78, 5) is 13.9. The van der Waals surface area contributed by atoms with E-state index >= 15 is 0 Å². The largest absolute Gasteiger partial charge is 0.368 e. The first-order chi connectivity index (χ1) is 8.08. The molecule has 0 spiro atoms. The molecule has 0 bridgehead atoms. The van der Waals surface area contributed by atoms with Crippen LogP contribution >= 0.6 is 0 Å². The van der Waals surface area contributed by atoms with Crippen molar-refractivity contribution in [2.75, 3.05) is 6.54 Å². The number of carbonyl (C=O) groups excluding carboxylic acids is 1. The smallest absolute Gasteiger partial charge is 0.235 e. The van der Waals surface area contributed by atoms with E-state index in [1.54, 1.807) is 0 Å². The van der Waals surface area contributed by atoms with Gasteiger partial charge in [0.05, 0.1) is 6.04 Å². The molecule has 3 N–H and O–H groups in total. The predicted molar refractivity (Wildman–Crippen MR) is 68.6 cm³/mol. The van der Waals surface area contributed by atoms with Gasteiger partial charge in [0.2, 0.25) is 5.91 Å². The third kappa shape index (κ3) is 3.42. The summed E-state index contributed by atoms with van der Waals surface area (Å²) in [5.41, 5.74) is 5.49. The zero-order valence-corrected chi connectivity index (χ0v) is 11.0. The fraction of sp³-hybridized carbons (Fsp3) is 0.923. The van der Waals surface area contributed by atoms with Crippen molar-refractivity contribution in [3.8, 4) is 0 Å². The molecule has 2 aliphatic rings. The molecule has 0 aromatic heterocycles. The highest BCUT2D eigenvalue weighted by molar-refractivity contribution is 5.80. The van der Waals surface area contributed by atoms with Gasteiger partial charge in [-0.25, -0.2) is 0 Å². The van der Waals surface area contributed by atoms with E-state index in [9.17, 15) is 4.79 Å². The lowest BCUT2D eigenvalue weighted by atomic mass is 9.96. The number of nitrogens with one attached hydrogen (secondary N) is 1. The molecule has 0 aromatic carbocycles. The minimum Gasteiger partial charge on any atom is -0.368 e. The number of piperidine rings is 1. The van der Waals surface area contributed by atoms with Crippen LogP contribution in [0.1, 0.15) is 46.0 Å². The molecule has 1 saturated heterocycles. The van der Waals surface area contributed by atoms with Crippen LogP contribution in [0.2, 0.25) is 0 Å². The second-order valence-corrected chi connectivity index (χ2v) is 5.72. The van der Waals surface area contributed by atoms with Crippen molar-refractivity contribution in [3.63, 3.8) is 0 Å². The van der Waals surface area contributed by atoms with Crippen LogP contribution in [-0.2, 0) is 4.79 Å². The molecule has 0 aromatic rings. The van der Waals surface area contributed by atoms with Crippen molar-refractivity contribution < 1.29 is 4.79 Å². The number of primary amides is 1. The summed E-state index contributed by atoms with van der Waals surface area (Å²) < 4.78 is 0. The van der Waals surface area contributed by atoms with Crippen LogP contribution in [0.15, 0.2) is 0 Å². The summed E-state index contributed by atoms with van der Waals surface area (Å²) in [5.74, 6) is -0.207. The number of nitrogens with two attached hydrogens (primary N) is 1. The summed E-state index contributed by atoms with van der Waals surface area (Å²) in [6.07, 6.45) is 6.15. The van der Waals surface area contributed by atoms with Gasteiger partial charge >= 0.3 is 0 Å². The van der Waals surface area contributed by atoms with Crippen molar-refractivity contribution in [2.24, 2.45) is 5.73 Å². The average Bonchev–Trinajstić information content (AvgIpc) is 3.05. The molecular formula is C13H25N3O. The van der Waals surface area contributed by atoms with Gasteiger partial charge in [-0.1, -0.05) is 6.42 Å². The lowest BCUT2D eigenvalue weighted by Gasteiger charge is -2.40. The molecule has 1 aliphatic carbocycles. The molecule has 2 rings (SSSR count). The van der Waals surface area contributed by atoms with Gasteiger partial charge in [-0.2, -0.15) is 0 Å². The van der Waals surface area contributed by atoms with Crippen molar-refractivity contribution in [2.45, 2.75) is 70.1 Å². The van der Waals surface area contributed by atoms with Gasteiger partial charge in [-0.05, 0) is 39.5 Å². The molecule has 98 valence electrons. The fourth-order valence-corrected chi connectivity index (χ4v) is 2.80. The van der Waals surface area contributed by atoms with Crippen molar-refractivity contribution in [1.82, 2.24) is 10.2 Å². The van der Waals surface area contributed by atoms with Gasteiger partial charge in [0.1, 0.15) is 0 Å². The molecule has 4 nitrogen and oxygen atoms in total. The number of carbonyl (C=O) groups is 1.